The van der Waals surface area contributed by atoms with Crippen LogP contribution in [0.5, 0.6) is 5.75 Å². The zero-order valence-corrected chi connectivity index (χ0v) is 19.9. The highest BCUT2D eigenvalue weighted by Gasteiger charge is 2.31. The summed E-state index contributed by atoms with van der Waals surface area (Å²) in [6.45, 7) is 2.20. The maximum Gasteiger partial charge on any atom is 0.261 e. The first-order valence-electron chi connectivity index (χ1n) is 10.7. The molecule has 0 saturated carbocycles. The molecule has 1 atom stereocenters. The average molecular weight is 485 g/mol. The number of hydrogen-bond donors (Lipinski definition) is 1. The number of benzene rings is 3. The summed E-state index contributed by atoms with van der Waals surface area (Å²) in [4.78, 5) is 28.0. The topological polar surface area (TPSA) is 58.6 Å². The molecule has 0 saturated heterocycles. The van der Waals surface area contributed by atoms with E-state index in [9.17, 15) is 9.59 Å². The van der Waals surface area contributed by atoms with Gasteiger partial charge >= 0.3 is 0 Å². The van der Waals surface area contributed by atoms with E-state index in [0.29, 0.717) is 28.8 Å². The molecule has 0 radical (unpaired) electrons. The number of ether oxygens (including phenoxy) is 1. The third-order valence-electron chi connectivity index (χ3n) is 5.11. The number of para-hydroxylation sites is 1. The Labute approximate surface area is 204 Å². The molecular formula is C26H26Cl2N2O3. The fraction of sp³-hybridized carbons (Fsp3) is 0.231. The van der Waals surface area contributed by atoms with E-state index in [1.54, 1.807) is 30.3 Å². The largest absolute Gasteiger partial charge is 0.482 e. The maximum atomic E-state index is 13.4. The van der Waals surface area contributed by atoms with Crippen molar-refractivity contribution in [3.8, 4) is 5.75 Å². The van der Waals surface area contributed by atoms with Crippen molar-refractivity contribution < 1.29 is 14.3 Å². The van der Waals surface area contributed by atoms with Crippen molar-refractivity contribution in [3.63, 3.8) is 0 Å². The number of hydrogen-bond acceptors (Lipinski definition) is 3. The first-order valence-corrected chi connectivity index (χ1v) is 11.5. The van der Waals surface area contributed by atoms with E-state index in [1.807, 2.05) is 55.5 Å². The van der Waals surface area contributed by atoms with Gasteiger partial charge in [-0.15, -0.1) is 0 Å². The van der Waals surface area contributed by atoms with Crippen LogP contribution in [-0.2, 0) is 22.6 Å². The van der Waals surface area contributed by atoms with Crippen LogP contribution < -0.4 is 10.1 Å². The van der Waals surface area contributed by atoms with Crippen molar-refractivity contribution in [3.05, 3.63) is 100 Å². The van der Waals surface area contributed by atoms with Gasteiger partial charge in [0, 0.05) is 24.5 Å². The second-order valence-corrected chi connectivity index (χ2v) is 8.25. The van der Waals surface area contributed by atoms with E-state index in [4.69, 9.17) is 27.9 Å². The Bertz CT molecular complexity index is 1080. The maximum absolute atomic E-state index is 13.4. The lowest BCUT2D eigenvalue weighted by atomic mass is 10.0. The van der Waals surface area contributed by atoms with Crippen LogP contribution in [0.2, 0.25) is 10.0 Å². The molecule has 2 amide bonds. The van der Waals surface area contributed by atoms with Crippen LogP contribution in [0.15, 0.2) is 78.9 Å². The van der Waals surface area contributed by atoms with Crippen LogP contribution in [0, 0.1) is 0 Å². The predicted molar refractivity (Wildman–Crippen MR) is 132 cm³/mol. The molecule has 0 aliphatic heterocycles. The molecule has 0 bridgehead atoms. The van der Waals surface area contributed by atoms with Crippen molar-refractivity contribution in [2.45, 2.75) is 25.9 Å². The number of carbonyl (C=O) groups is 2. The van der Waals surface area contributed by atoms with Crippen LogP contribution in [0.1, 0.15) is 18.1 Å². The van der Waals surface area contributed by atoms with Gasteiger partial charge in [0.2, 0.25) is 5.91 Å². The molecule has 0 aliphatic rings. The zero-order valence-electron chi connectivity index (χ0n) is 18.3. The standard InChI is InChI=1S/C26H26Cl2N2O3/c1-2-29-26(32)23(16-19-10-4-3-5-11-19)30(17-20-12-6-7-13-21(20)27)25(31)18-33-24-15-9-8-14-22(24)28/h3-15,23H,2,16-18H2,1H3,(H,29,32)/t23-/m1/s1. The van der Waals surface area contributed by atoms with Crippen molar-refractivity contribution in [1.29, 1.82) is 0 Å². The Morgan fingerprint density at radius 1 is 0.909 bits per heavy atom. The van der Waals surface area contributed by atoms with Gasteiger partial charge in [-0.25, -0.2) is 0 Å². The van der Waals surface area contributed by atoms with Gasteiger partial charge in [-0.05, 0) is 36.2 Å². The predicted octanol–water partition coefficient (Wildman–Crippen LogP) is 5.15. The second-order valence-electron chi connectivity index (χ2n) is 7.43. The molecule has 0 fully saturated rings. The summed E-state index contributed by atoms with van der Waals surface area (Å²) >= 11 is 12.6. The summed E-state index contributed by atoms with van der Waals surface area (Å²) in [6, 6.07) is 23.1. The Morgan fingerprint density at radius 3 is 2.21 bits per heavy atom. The van der Waals surface area contributed by atoms with E-state index in [1.165, 1.54) is 4.90 Å². The zero-order chi connectivity index (χ0) is 23.6. The van der Waals surface area contributed by atoms with Crippen LogP contribution in [-0.4, -0.2) is 35.9 Å². The summed E-state index contributed by atoms with van der Waals surface area (Å²) in [5, 5.41) is 3.79. The minimum absolute atomic E-state index is 0.166. The van der Waals surface area contributed by atoms with Gasteiger partial charge in [-0.3, -0.25) is 9.59 Å². The lowest BCUT2D eigenvalue weighted by molar-refractivity contribution is -0.142. The minimum Gasteiger partial charge on any atom is -0.482 e. The number of likely N-dealkylation sites (N-methyl/N-ethyl adjacent to an activating group) is 1. The molecule has 172 valence electrons. The fourth-order valence-electron chi connectivity index (χ4n) is 3.44. The number of rotatable bonds is 10. The molecular weight excluding hydrogens is 459 g/mol. The molecule has 3 aromatic rings. The van der Waals surface area contributed by atoms with Gasteiger partial charge in [-0.1, -0.05) is 83.9 Å². The molecule has 7 heteroatoms. The molecule has 3 aromatic carbocycles. The van der Waals surface area contributed by atoms with Gasteiger partial charge in [0.1, 0.15) is 11.8 Å². The number of halogens is 2. The van der Waals surface area contributed by atoms with Crippen molar-refractivity contribution in [1.82, 2.24) is 10.2 Å². The first-order chi connectivity index (χ1) is 16.0. The monoisotopic (exact) mass is 484 g/mol. The quantitative estimate of drug-likeness (QED) is 0.432. The molecule has 5 nitrogen and oxygen atoms in total. The van der Waals surface area contributed by atoms with Crippen molar-refractivity contribution in [2.75, 3.05) is 13.2 Å². The Hall–Kier alpha value is -3.02. The van der Waals surface area contributed by atoms with E-state index >= 15 is 0 Å². The summed E-state index contributed by atoms with van der Waals surface area (Å²) in [6.07, 6.45) is 0.356. The first kappa shape index (κ1) is 24.6. The summed E-state index contributed by atoms with van der Waals surface area (Å²) in [5.74, 6) is -0.177. The fourth-order valence-corrected chi connectivity index (χ4v) is 3.83. The normalized spacial score (nSPS) is 11.5. The highest BCUT2D eigenvalue weighted by Crippen LogP contribution is 2.24. The van der Waals surface area contributed by atoms with Crippen molar-refractivity contribution >= 4 is 35.0 Å². The number of carbonyl (C=O) groups excluding carboxylic acids is 2. The highest BCUT2D eigenvalue weighted by molar-refractivity contribution is 6.32. The van der Waals surface area contributed by atoms with E-state index in [-0.39, 0.29) is 25.0 Å². The summed E-state index contributed by atoms with van der Waals surface area (Å²) < 4.78 is 5.70. The lowest BCUT2D eigenvalue weighted by Crippen LogP contribution is -2.51. The van der Waals surface area contributed by atoms with E-state index in [2.05, 4.69) is 5.32 Å². The van der Waals surface area contributed by atoms with Crippen LogP contribution >= 0.6 is 23.2 Å². The SMILES string of the molecule is CCNC(=O)[C@@H](Cc1ccccc1)N(Cc1ccccc1Cl)C(=O)COc1ccccc1Cl. The molecule has 1 N–H and O–H groups in total. The van der Waals surface area contributed by atoms with Gasteiger partial charge in [0.25, 0.3) is 5.91 Å². The average Bonchev–Trinajstić information content (AvgIpc) is 2.82. The van der Waals surface area contributed by atoms with Crippen molar-refractivity contribution in [2.24, 2.45) is 0 Å². The second kappa shape index (κ2) is 12.3. The summed E-state index contributed by atoms with van der Waals surface area (Å²) in [7, 11) is 0. The lowest BCUT2D eigenvalue weighted by Gasteiger charge is -2.31. The molecule has 0 unspecified atom stereocenters. The highest BCUT2D eigenvalue weighted by atomic mass is 35.5. The number of nitrogens with zero attached hydrogens (tertiary/aromatic N) is 1. The van der Waals surface area contributed by atoms with E-state index in [0.717, 1.165) is 11.1 Å². The van der Waals surface area contributed by atoms with E-state index < -0.39 is 6.04 Å². The number of amides is 2. The Morgan fingerprint density at radius 2 is 1.55 bits per heavy atom. The Balaban J connectivity index is 1.91. The molecule has 0 spiro atoms. The molecule has 0 aromatic heterocycles. The third kappa shape index (κ3) is 6.98. The van der Waals surface area contributed by atoms with Crippen LogP contribution in [0.4, 0.5) is 0 Å². The number of nitrogens with one attached hydrogen (secondary N) is 1. The third-order valence-corrected chi connectivity index (χ3v) is 5.79. The minimum atomic E-state index is -0.744. The van der Waals surface area contributed by atoms with Crippen LogP contribution in [0.25, 0.3) is 0 Å². The molecule has 33 heavy (non-hydrogen) atoms. The van der Waals surface area contributed by atoms with Gasteiger partial charge in [0.15, 0.2) is 6.61 Å². The molecule has 0 heterocycles. The Kier molecular flexibility index (Phi) is 9.16. The van der Waals surface area contributed by atoms with Crippen LogP contribution in [0.3, 0.4) is 0 Å². The van der Waals surface area contributed by atoms with Gasteiger partial charge < -0.3 is 15.0 Å². The molecule has 3 rings (SSSR count). The summed E-state index contributed by atoms with van der Waals surface area (Å²) in [5.41, 5.74) is 1.69. The van der Waals surface area contributed by atoms with Gasteiger partial charge in [0.05, 0.1) is 5.02 Å². The smallest absolute Gasteiger partial charge is 0.261 e. The molecule has 0 aliphatic carbocycles. The van der Waals surface area contributed by atoms with Gasteiger partial charge in [-0.2, -0.15) is 0 Å².